The minimum atomic E-state index is 0.801. The summed E-state index contributed by atoms with van der Waals surface area (Å²) in [5, 5.41) is 11.4. The van der Waals surface area contributed by atoms with Crippen molar-refractivity contribution in [1.29, 1.82) is 0 Å². The van der Waals surface area contributed by atoms with Gasteiger partial charge >= 0.3 is 0 Å². The van der Waals surface area contributed by atoms with Crippen molar-refractivity contribution in [3.8, 4) is 11.3 Å². The van der Waals surface area contributed by atoms with Crippen LogP contribution in [-0.2, 0) is 13.5 Å². The Morgan fingerprint density at radius 2 is 2.31 bits per heavy atom. The molecule has 0 amide bonds. The van der Waals surface area contributed by atoms with Gasteiger partial charge in [0.2, 0.25) is 0 Å². The molecule has 0 aliphatic carbocycles. The fourth-order valence-corrected chi connectivity index (χ4v) is 2.72. The zero-order valence-corrected chi connectivity index (χ0v) is 10.5. The molecule has 0 bridgehead atoms. The zero-order chi connectivity index (χ0) is 11.1. The van der Waals surface area contributed by atoms with E-state index in [9.17, 15) is 0 Å². The number of halogens is 1. The van der Waals surface area contributed by atoms with E-state index in [2.05, 4.69) is 49.8 Å². The largest absolute Gasteiger partial charge is 0.384 e. The number of fused-ring (bicyclic) bond motifs is 1. The molecule has 4 nitrogen and oxygen atoms in total. The van der Waals surface area contributed by atoms with Crippen LogP contribution in [-0.4, -0.2) is 21.5 Å². The van der Waals surface area contributed by atoms with Crippen molar-refractivity contribution >= 4 is 21.6 Å². The Morgan fingerprint density at radius 3 is 3.06 bits per heavy atom. The lowest BCUT2D eigenvalue weighted by Gasteiger charge is -2.07. The summed E-state index contributed by atoms with van der Waals surface area (Å²) in [7, 11) is 1.91. The van der Waals surface area contributed by atoms with Gasteiger partial charge in [-0.05, 0) is 34.0 Å². The van der Waals surface area contributed by atoms with Gasteiger partial charge in [0.25, 0.3) is 0 Å². The minimum Gasteiger partial charge on any atom is -0.384 e. The molecule has 5 heteroatoms. The lowest BCUT2D eigenvalue weighted by molar-refractivity contribution is 0.719. The van der Waals surface area contributed by atoms with Crippen molar-refractivity contribution in [2.75, 3.05) is 11.9 Å². The second-order valence-corrected chi connectivity index (χ2v) is 4.61. The second kappa shape index (κ2) is 3.59. The molecule has 2 heterocycles. The number of benzene rings is 1. The third kappa shape index (κ3) is 1.35. The lowest BCUT2D eigenvalue weighted by atomic mass is 10.0. The van der Waals surface area contributed by atoms with E-state index in [0.717, 1.165) is 23.3 Å². The Labute approximate surface area is 102 Å². The van der Waals surface area contributed by atoms with Gasteiger partial charge in [-0.1, -0.05) is 17.3 Å². The van der Waals surface area contributed by atoms with Crippen LogP contribution in [0.4, 0.5) is 5.69 Å². The Morgan fingerprint density at radius 1 is 1.44 bits per heavy atom. The maximum absolute atomic E-state index is 4.03. The Balaban J connectivity index is 2.25. The van der Waals surface area contributed by atoms with Gasteiger partial charge in [-0.15, -0.1) is 5.10 Å². The van der Waals surface area contributed by atoms with Crippen LogP contribution in [0, 0.1) is 0 Å². The average molecular weight is 279 g/mol. The molecule has 82 valence electrons. The molecule has 1 N–H and O–H groups in total. The summed E-state index contributed by atoms with van der Waals surface area (Å²) in [5.74, 6) is 0. The number of rotatable bonds is 1. The van der Waals surface area contributed by atoms with E-state index < -0.39 is 0 Å². The third-order valence-electron chi connectivity index (χ3n) is 2.91. The van der Waals surface area contributed by atoms with Crippen molar-refractivity contribution in [1.82, 2.24) is 15.0 Å². The van der Waals surface area contributed by atoms with Crippen LogP contribution in [0.1, 0.15) is 5.56 Å². The van der Waals surface area contributed by atoms with Crippen LogP contribution in [0.15, 0.2) is 22.8 Å². The molecular weight excluding hydrogens is 268 g/mol. The summed E-state index contributed by atoms with van der Waals surface area (Å²) in [4.78, 5) is 0. The van der Waals surface area contributed by atoms with Gasteiger partial charge in [-0.2, -0.15) is 0 Å². The van der Waals surface area contributed by atoms with E-state index in [1.165, 1.54) is 16.8 Å². The number of aryl methyl sites for hydroxylation is 1. The number of hydrogen-bond donors (Lipinski definition) is 1. The summed E-state index contributed by atoms with van der Waals surface area (Å²) in [5.41, 5.74) is 4.83. The third-order valence-corrected chi connectivity index (χ3v) is 3.44. The normalized spacial score (nSPS) is 13.6. The summed E-state index contributed by atoms with van der Waals surface area (Å²) < 4.78 is 2.60. The van der Waals surface area contributed by atoms with Crippen molar-refractivity contribution in [2.45, 2.75) is 6.42 Å². The first kappa shape index (κ1) is 9.84. The quantitative estimate of drug-likeness (QED) is 0.870. The van der Waals surface area contributed by atoms with E-state index in [0.29, 0.717) is 0 Å². The maximum Gasteiger partial charge on any atom is 0.156 e. The predicted molar refractivity (Wildman–Crippen MR) is 66.3 cm³/mol. The molecule has 0 radical (unpaired) electrons. The van der Waals surface area contributed by atoms with Crippen LogP contribution in [0.2, 0.25) is 0 Å². The smallest absolute Gasteiger partial charge is 0.156 e. The molecule has 0 spiro atoms. The van der Waals surface area contributed by atoms with Crippen LogP contribution in [0.3, 0.4) is 0 Å². The Kier molecular flexibility index (Phi) is 2.21. The van der Waals surface area contributed by atoms with Gasteiger partial charge in [-0.3, -0.25) is 0 Å². The van der Waals surface area contributed by atoms with E-state index in [1.807, 2.05) is 7.05 Å². The summed E-state index contributed by atoms with van der Waals surface area (Å²) in [6.07, 6.45) is 1.06. The standard InChI is InChI=1S/C11H11BrN4/c1-16-10(11(12)14-15-16)8-3-2-4-9-7(8)5-6-13-9/h2-4,13H,5-6H2,1H3. The SMILES string of the molecule is Cn1nnc(Br)c1-c1cccc2c1CCN2. The topological polar surface area (TPSA) is 42.7 Å². The highest BCUT2D eigenvalue weighted by Gasteiger charge is 2.19. The van der Waals surface area contributed by atoms with Gasteiger partial charge in [0.1, 0.15) is 5.69 Å². The molecule has 3 rings (SSSR count). The molecule has 0 saturated carbocycles. The molecule has 1 aromatic carbocycles. The van der Waals surface area contributed by atoms with Crippen LogP contribution in [0.5, 0.6) is 0 Å². The number of hydrogen-bond acceptors (Lipinski definition) is 3. The minimum absolute atomic E-state index is 0.801. The monoisotopic (exact) mass is 278 g/mol. The molecule has 0 unspecified atom stereocenters. The maximum atomic E-state index is 4.03. The molecule has 0 atom stereocenters. The molecule has 16 heavy (non-hydrogen) atoms. The van der Waals surface area contributed by atoms with E-state index in [1.54, 1.807) is 4.68 Å². The molecule has 1 aromatic heterocycles. The lowest BCUT2D eigenvalue weighted by Crippen LogP contribution is -1.96. The fraction of sp³-hybridized carbons (Fsp3) is 0.273. The molecule has 1 aliphatic heterocycles. The molecule has 0 saturated heterocycles. The van der Waals surface area contributed by atoms with Gasteiger partial charge in [-0.25, -0.2) is 4.68 Å². The van der Waals surface area contributed by atoms with Gasteiger partial charge in [0.05, 0.1) is 0 Å². The van der Waals surface area contributed by atoms with E-state index in [4.69, 9.17) is 0 Å². The van der Waals surface area contributed by atoms with E-state index in [-0.39, 0.29) is 0 Å². The number of anilines is 1. The highest BCUT2D eigenvalue weighted by atomic mass is 79.9. The molecular formula is C11H11BrN4. The van der Waals surface area contributed by atoms with Crippen molar-refractivity contribution in [3.63, 3.8) is 0 Å². The predicted octanol–water partition coefficient (Wildman–Crippen LogP) is 2.21. The fourth-order valence-electron chi connectivity index (χ4n) is 2.18. The summed E-state index contributed by atoms with van der Waals surface area (Å²) in [6, 6.07) is 6.30. The van der Waals surface area contributed by atoms with E-state index >= 15 is 0 Å². The van der Waals surface area contributed by atoms with Gasteiger partial charge in [0, 0.05) is 24.8 Å². The van der Waals surface area contributed by atoms with Crippen LogP contribution >= 0.6 is 15.9 Å². The van der Waals surface area contributed by atoms with Crippen molar-refractivity contribution in [3.05, 3.63) is 28.4 Å². The van der Waals surface area contributed by atoms with Crippen LogP contribution < -0.4 is 5.32 Å². The van der Waals surface area contributed by atoms with Crippen LogP contribution in [0.25, 0.3) is 11.3 Å². The molecule has 2 aromatic rings. The Bertz CT molecular complexity index is 527. The molecule has 1 aliphatic rings. The summed E-state index contributed by atoms with van der Waals surface area (Å²) >= 11 is 3.45. The number of aromatic nitrogens is 3. The Hall–Kier alpha value is -1.36. The highest BCUT2D eigenvalue weighted by Crippen LogP contribution is 2.35. The molecule has 0 fully saturated rings. The van der Waals surface area contributed by atoms with Gasteiger partial charge in [0.15, 0.2) is 4.60 Å². The highest BCUT2D eigenvalue weighted by molar-refractivity contribution is 9.10. The number of nitrogens with zero attached hydrogens (tertiary/aromatic N) is 3. The zero-order valence-electron chi connectivity index (χ0n) is 8.87. The average Bonchev–Trinajstić information content (AvgIpc) is 2.86. The summed E-state index contributed by atoms with van der Waals surface area (Å²) in [6.45, 7) is 1.01. The van der Waals surface area contributed by atoms with Crippen molar-refractivity contribution < 1.29 is 0 Å². The first-order valence-corrected chi connectivity index (χ1v) is 5.98. The first-order chi connectivity index (χ1) is 7.77. The van der Waals surface area contributed by atoms with Gasteiger partial charge < -0.3 is 5.32 Å². The second-order valence-electron chi connectivity index (χ2n) is 3.86. The first-order valence-electron chi connectivity index (χ1n) is 5.18. The van der Waals surface area contributed by atoms with Crippen molar-refractivity contribution in [2.24, 2.45) is 7.05 Å². The number of nitrogens with one attached hydrogen (secondary N) is 1.